The first-order valence-corrected chi connectivity index (χ1v) is 8.56. The molecule has 1 aliphatic heterocycles. The molecule has 2 heterocycles. The highest BCUT2D eigenvalue weighted by Crippen LogP contribution is 2.23. The van der Waals surface area contributed by atoms with Gasteiger partial charge in [-0.15, -0.1) is 0 Å². The van der Waals surface area contributed by atoms with Crippen LogP contribution in [0.3, 0.4) is 0 Å². The van der Waals surface area contributed by atoms with Gasteiger partial charge in [0.05, 0.1) is 11.2 Å². The van der Waals surface area contributed by atoms with Gasteiger partial charge in [0, 0.05) is 36.0 Å². The van der Waals surface area contributed by atoms with Gasteiger partial charge in [0.15, 0.2) is 0 Å². The number of hydrogen-bond donors (Lipinski definition) is 2. The molecule has 1 fully saturated rings. The average molecular weight is 332 g/mol. The normalized spacial score (nSPS) is 13.8. The number of hydrogen-bond acceptors (Lipinski definition) is 3. The Balaban J connectivity index is 1.44. The second-order valence-corrected chi connectivity index (χ2v) is 6.20. The lowest BCUT2D eigenvalue weighted by Gasteiger charge is -2.18. The second kappa shape index (κ2) is 6.81. The number of pyridine rings is 1. The van der Waals surface area contributed by atoms with Crippen molar-refractivity contribution in [1.82, 2.24) is 4.98 Å². The lowest BCUT2D eigenvalue weighted by molar-refractivity contribution is 0.262. The summed E-state index contributed by atoms with van der Waals surface area (Å²) in [4.78, 5) is 19.0. The molecule has 1 aliphatic rings. The van der Waals surface area contributed by atoms with Gasteiger partial charge in [0.25, 0.3) is 0 Å². The van der Waals surface area contributed by atoms with Crippen molar-refractivity contribution in [2.24, 2.45) is 0 Å². The van der Waals surface area contributed by atoms with Crippen molar-refractivity contribution in [3.8, 4) is 0 Å². The number of amides is 2. The number of carbonyl (C=O) groups excluding carboxylic acids is 1. The summed E-state index contributed by atoms with van der Waals surface area (Å²) in [5, 5.41) is 6.75. The van der Waals surface area contributed by atoms with E-state index in [9.17, 15) is 4.79 Å². The molecule has 0 aliphatic carbocycles. The van der Waals surface area contributed by atoms with Gasteiger partial charge >= 0.3 is 6.03 Å². The smallest absolute Gasteiger partial charge is 0.323 e. The number of carbonyl (C=O) groups is 1. The van der Waals surface area contributed by atoms with Crippen molar-refractivity contribution in [2.75, 3.05) is 28.6 Å². The third kappa shape index (κ3) is 3.40. The Morgan fingerprint density at radius 2 is 1.68 bits per heavy atom. The fraction of sp³-hybridized carbons (Fsp3) is 0.200. The molecule has 0 unspecified atom stereocenters. The average Bonchev–Trinajstić information content (AvgIpc) is 3.17. The molecule has 1 saturated heterocycles. The summed E-state index contributed by atoms with van der Waals surface area (Å²) in [5.41, 5.74) is 3.46. The topological polar surface area (TPSA) is 57.3 Å². The minimum atomic E-state index is -0.271. The lowest BCUT2D eigenvalue weighted by Crippen LogP contribution is -2.20. The molecule has 2 aromatic carbocycles. The van der Waals surface area contributed by atoms with E-state index < -0.39 is 0 Å². The third-order valence-electron chi connectivity index (χ3n) is 4.48. The minimum absolute atomic E-state index is 0.271. The predicted molar refractivity (Wildman–Crippen MR) is 102 cm³/mol. The lowest BCUT2D eigenvalue weighted by atomic mass is 10.2. The standard InChI is InChI=1S/C20H20N4O/c25-20(23-18-7-3-5-15-6-4-12-21-19(15)18)22-16-8-10-17(11-9-16)24-13-1-2-14-24/h3-12H,1-2,13-14H2,(H2,22,23,25). The Labute approximate surface area is 146 Å². The molecule has 0 radical (unpaired) electrons. The first kappa shape index (κ1) is 15.4. The maximum atomic E-state index is 12.3. The van der Waals surface area contributed by atoms with Crippen LogP contribution in [0.15, 0.2) is 60.8 Å². The largest absolute Gasteiger partial charge is 0.372 e. The fourth-order valence-electron chi connectivity index (χ4n) is 3.22. The Morgan fingerprint density at radius 1 is 0.920 bits per heavy atom. The minimum Gasteiger partial charge on any atom is -0.372 e. The van der Waals surface area contributed by atoms with Gasteiger partial charge in [-0.2, -0.15) is 0 Å². The summed E-state index contributed by atoms with van der Waals surface area (Å²) in [5.74, 6) is 0. The zero-order valence-corrected chi connectivity index (χ0v) is 13.9. The molecule has 2 N–H and O–H groups in total. The van der Waals surface area contributed by atoms with Gasteiger partial charge < -0.3 is 15.5 Å². The number of urea groups is 1. The zero-order chi connectivity index (χ0) is 17.1. The van der Waals surface area contributed by atoms with Gasteiger partial charge in [-0.1, -0.05) is 18.2 Å². The van der Waals surface area contributed by atoms with Gasteiger partial charge in [0.1, 0.15) is 0 Å². The van der Waals surface area contributed by atoms with Crippen molar-refractivity contribution in [2.45, 2.75) is 12.8 Å². The maximum Gasteiger partial charge on any atom is 0.323 e. The molecule has 0 bridgehead atoms. The molecule has 0 spiro atoms. The highest BCUT2D eigenvalue weighted by Gasteiger charge is 2.12. The van der Waals surface area contributed by atoms with E-state index in [1.807, 2.05) is 42.5 Å². The van der Waals surface area contributed by atoms with Crippen LogP contribution in [0.5, 0.6) is 0 Å². The highest BCUT2D eigenvalue weighted by atomic mass is 16.2. The van der Waals surface area contributed by atoms with Gasteiger partial charge in [0.2, 0.25) is 0 Å². The van der Waals surface area contributed by atoms with E-state index >= 15 is 0 Å². The third-order valence-corrected chi connectivity index (χ3v) is 4.48. The Hall–Kier alpha value is -3.08. The Bertz CT molecular complexity index is 880. The van der Waals surface area contributed by atoms with Crippen LogP contribution >= 0.6 is 0 Å². The Morgan fingerprint density at radius 3 is 2.48 bits per heavy atom. The van der Waals surface area contributed by atoms with Crippen molar-refractivity contribution in [1.29, 1.82) is 0 Å². The van der Waals surface area contributed by atoms with Crippen LogP contribution in [0.1, 0.15) is 12.8 Å². The van der Waals surface area contributed by atoms with Gasteiger partial charge in [-0.3, -0.25) is 4.98 Å². The van der Waals surface area contributed by atoms with Gasteiger partial charge in [-0.25, -0.2) is 4.79 Å². The molecule has 0 atom stereocenters. The van der Waals surface area contributed by atoms with E-state index in [1.54, 1.807) is 6.20 Å². The number of aromatic nitrogens is 1. The van der Waals surface area contributed by atoms with Crippen molar-refractivity contribution in [3.05, 3.63) is 60.8 Å². The molecule has 126 valence electrons. The number of para-hydroxylation sites is 1. The molecule has 25 heavy (non-hydrogen) atoms. The molecule has 4 rings (SSSR count). The van der Waals surface area contributed by atoms with Crippen molar-refractivity contribution in [3.63, 3.8) is 0 Å². The Kier molecular flexibility index (Phi) is 4.21. The summed E-state index contributed by atoms with van der Waals surface area (Å²) in [6.07, 6.45) is 4.23. The van der Waals surface area contributed by atoms with Crippen LogP contribution < -0.4 is 15.5 Å². The molecule has 0 saturated carbocycles. The number of nitrogens with one attached hydrogen (secondary N) is 2. The number of nitrogens with zero attached hydrogens (tertiary/aromatic N) is 2. The predicted octanol–water partition coefficient (Wildman–Crippen LogP) is 4.48. The SMILES string of the molecule is O=C(Nc1ccc(N2CCCC2)cc1)Nc1cccc2cccnc12. The summed E-state index contributed by atoms with van der Waals surface area (Å²) < 4.78 is 0. The molecular formula is C20H20N4O. The molecule has 2 amide bonds. The molecular weight excluding hydrogens is 312 g/mol. The van der Waals surface area contributed by atoms with Gasteiger partial charge in [-0.05, 0) is 49.2 Å². The highest BCUT2D eigenvalue weighted by molar-refractivity contribution is 6.05. The summed E-state index contributed by atoms with van der Waals surface area (Å²) >= 11 is 0. The summed E-state index contributed by atoms with van der Waals surface area (Å²) in [6.45, 7) is 2.22. The number of fused-ring (bicyclic) bond motifs is 1. The van der Waals surface area contributed by atoms with E-state index in [2.05, 4.69) is 32.7 Å². The monoisotopic (exact) mass is 332 g/mol. The van der Waals surface area contributed by atoms with Crippen molar-refractivity contribution < 1.29 is 4.79 Å². The van der Waals surface area contributed by atoms with E-state index in [4.69, 9.17) is 0 Å². The summed E-state index contributed by atoms with van der Waals surface area (Å²) in [7, 11) is 0. The van der Waals surface area contributed by atoms with Crippen LogP contribution in [-0.2, 0) is 0 Å². The van der Waals surface area contributed by atoms with E-state index in [-0.39, 0.29) is 6.03 Å². The first-order chi connectivity index (χ1) is 12.3. The van der Waals surface area contributed by atoms with Crippen molar-refractivity contribution >= 4 is 34.0 Å². The van der Waals surface area contributed by atoms with E-state index in [0.717, 1.165) is 29.7 Å². The molecule has 1 aromatic heterocycles. The zero-order valence-electron chi connectivity index (χ0n) is 13.9. The van der Waals surface area contributed by atoms with Crippen LogP contribution in [0.25, 0.3) is 10.9 Å². The number of anilines is 3. The quantitative estimate of drug-likeness (QED) is 0.743. The van der Waals surface area contributed by atoms with Crippen LogP contribution in [-0.4, -0.2) is 24.1 Å². The first-order valence-electron chi connectivity index (χ1n) is 8.56. The molecule has 3 aromatic rings. The second-order valence-electron chi connectivity index (χ2n) is 6.20. The van der Waals surface area contributed by atoms with Crippen LogP contribution in [0.4, 0.5) is 21.9 Å². The maximum absolute atomic E-state index is 12.3. The summed E-state index contributed by atoms with van der Waals surface area (Å²) in [6, 6.07) is 17.3. The van der Waals surface area contributed by atoms with Crippen LogP contribution in [0.2, 0.25) is 0 Å². The number of rotatable bonds is 3. The van der Waals surface area contributed by atoms with E-state index in [0.29, 0.717) is 5.69 Å². The fourth-order valence-corrected chi connectivity index (χ4v) is 3.22. The van der Waals surface area contributed by atoms with E-state index in [1.165, 1.54) is 18.5 Å². The number of benzene rings is 2. The van der Waals surface area contributed by atoms with Crippen LogP contribution in [0, 0.1) is 0 Å². The molecule has 5 nitrogen and oxygen atoms in total. The molecule has 5 heteroatoms.